The molecule has 0 unspecified atom stereocenters. The molecule has 2 rings (SSSR count). The summed E-state index contributed by atoms with van der Waals surface area (Å²) in [6, 6.07) is 5.65. The van der Waals surface area contributed by atoms with Crippen LogP contribution in [0.1, 0.15) is 17.0 Å². The van der Waals surface area contributed by atoms with Crippen molar-refractivity contribution in [2.75, 3.05) is 0 Å². The third-order valence-electron chi connectivity index (χ3n) is 2.84. The summed E-state index contributed by atoms with van der Waals surface area (Å²) in [7, 11) is 1.90. The lowest BCUT2D eigenvalue weighted by molar-refractivity contribution is 0.292. The minimum absolute atomic E-state index is 0.443. The highest BCUT2D eigenvalue weighted by Gasteiger charge is 2.13. The van der Waals surface area contributed by atoms with E-state index in [0.717, 1.165) is 27.2 Å². The highest BCUT2D eigenvalue weighted by Crippen LogP contribution is 2.30. The smallest absolute Gasteiger partial charge is 0.131 e. The maximum Gasteiger partial charge on any atom is 0.131 e. The summed E-state index contributed by atoms with van der Waals surface area (Å²) in [5.41, 5.74) is 2.91. The second-order valence-electron chi connectivity index (χ2n) is 4.11. The summed E-state index contributed by atoms with van der Waals surface area (Å²) in [4.78, 5) is 0. The summed E-state index contributed by atoms with van der Waals surface area (Å²) in [5.74, 6) is 0.787. The van der Waals surface area contributed by atoms with Gasteiger partial charge in [0.1, 0.15) is 12.4 Å². The monoisotopic (exact) mass is 406 g/mol. The predicted molar refractivity (Wildman–Crippen MR) is 84.1 cm³/mol. The van der Waals surface area contributed by atoms with Gasteiger partial charge in [-0.1, -0.05) is 33.6 Å². The molecule has 2 aromatic rings. The van der Waals surface area contributed by atoms with E-state index in [1.165, 1.54) is 0 Å². The molecule has 1 heterocycles. The molecule has 1 aromatic carbocycles. The molecule has 0 radical (unpaired) electrons. The Morgan fingerprint density at radius 3 is 2.74 bits per heavy atom. The Bertz CT molecular complexity index is 599. The summed E-state index contributed by atoms with van der Waals surface area (Å²) < 4.78 is 8.67. The molecular formula is C13H13Br2ClN2O. The van der Waals surface area contributed by atoms with Crippen LogP contribution in [0.4, 0.5) is 0 Å². The van der Waals surface area contributed by atoms with E-state index in [1.54, 1.807) is 0 Å². The van der Waals surface area contributed by atoms with Crippen molar-refractivity contribution in [3.8, 4) is 5.75 Å². The number of halogens is 3. The van der Waals surface area contributed by atoms with E-state index >= 15 is 0 Å². The Morgan fingerprint density at radius 1 is 1.42 bits per heavy atom. The number of benzene rings is 1. The maximum atomic E-state index is 6.14. The van der Waals surface area contributed by atoms with E-state index in [0.29, 0.717) is 17.0 Å². The van der Waals surface area contributed by atoms with Gasteiger partial charge in [0.25, 0.3) is 0 Å². The SMILES string of the molecule is Cc1nn(C)c(COc2cccc(Cl)c2CBr)c1Br. The van der Waals surface area contributed by atoms with Gasteiger partial charge < -0.3 is 4.74 Å². The van der Waals surface area contributed by atoms with Gasteiger partial charge in [-0.25, -0.2) is 0 Å². The molecule has 0 spiro atoms. The largest absolute Gasteiger partial charge is 0.487 e. The summed E-state index contributed by atoms with van der Waals surface area (Å²) in [6.45, 7) is 2.40. The van der Waals surface area contributed by atoms with Gasteiger partial charge in [0.05, 0.1) is 15.9 Å². The molecule has 3 nitrogen and oxygen atoms in total. The second-order valence-corrected chi connectivity index (χ2v) is 5.87. The zero-order valence-corrected chi connectivity index (χ0v) is 14.5. The van der Waals surface area contributed by atoms with Crippen LogP contribution in [0.5, 0.6) is 5.75 Å². The Labute approximate surface area is 134 Å². The zero-order valence-electron chi connectivity index (χ0n) is 10.6. The van der Waals surface area contributed by atoms with Crippen LogP contribution in [0.25, 0.3) is 0 Å². The fourth-order valence-corrected chi connectivity index (χ4v) is 3.21. The van der Waals surface area contributed by atoms with Crippen LogP contribution in [-0.2, 0) is 19.0 Å². The van der Waals surface area contributed by atoms with E-state index in [4.69, 9.17) is 16.3 Å². The topological polar surface area (TPSA) is 27.1 Å². The number of aryl methyl sites for hydroxylation is 2. The molecule has 0 N–H and O–H groups in total. The molecule has 6 heteroatoms. The molecule has 0 aliphatic rings. The van der Waals surface area contributed by atoms with Crippen molar-refractivity contribution in [1.82, 2.24) is 9.78 Å². The van der Waals surface area contributed by atoms with Gasteiger partial charge in [0.15, 0.2) is 0 Å². The minimum atomic E-state index is 0.443. The maximum absolute atomic E-state index is 6.14. The Hall–Kier alpha value is -0.520. The average Bonchev–Trinajstić information content (AvgIpc) is 2.61. The van der Waals surface area contributed by atoms with Gasteiger partial charge in [-0.2, -0.15) is 5.10 Å². The van der Waals surface area contributed by atoms with Crippen molar-refractivity contribution in [3.63, 3.8) is 0 Å². The van der Waals surface area contributed by atoms with Crippen molar-refractivity contribution in [2.45, 2.75) is 18.9 Å². The van der Waals surface area contributed by atoms with Gasteiger partial charge in [-0.15, -0.1) is 0 Å². The number of nitrogens with zero attached hydrogens (tertiary/aromatic N) is 2. The molecule has 0 aliphatic heterocycles. The van der Waals surface area contributed by atoms with E-state index in [1.807, 2.05) is 36.9 Å². The van der Waals surface area contributed by atoms with Crippen LogP contribution in [0.15, 0.2) is 22.7 Å². The van der Waals surface area contributed by atoms with Crippen LogP contribution in [0.2, 0.25) is 5.02 Å². The fraction of sp³-hybridized carbons (Fsp3) is 0.308. The Kier molecular flexibility index (Phi) is 4.92. The first-order chi connectivity index (χ1) is 9.04. The van der Waals surface area contributed by atoms with Crippen LogP contribution < -0.4 is 4.74 Å². The molecule has 0 atom stereocenters. The van der Waals surface area contributed by atoms with Crippen molar-refractivity contribution >= 4 is 43.5 Å². The van der Waals surface area contributed by atoms with Gasteiger partial charge in [0, 0.05) is 23.0 Å². The first kappa shape index (κ1) is 14.9. The molecule has 1 aromatic heterocycles. The quantitative estimate of drug-likeness (QED) is 0.691. The van der Waals surface area contributed by atoms with E-state index in [9.17, 15) is 0 Å². The summed E-state index contributed by atoms with van der Waals surface area (Å²) in [6.07, 6.45) is 0. The number of ether oxygens (including phenoxy) is 1. The zero-order chi connectivity index (χ0) is 14.0. The molecule has 0 saturated heterocycles. The van der Waals surface area contributed by atoms with E-state index < -0.39 is 0 Å². The second kappa shape index (κ2) is 6.29. The fourth-order valence-electron chi connectivity index (χ4n) is 1.79. The highest BCUT2D eigenvalue weighted by atomic mass is 79.9. The molecular weight excluding hydrogens is 395 g/mol. The lowest BCUT2D eigenvalue weighted by Gasteiger charge is -2.11. The molecule has 0 bridgehead atoms. The molecule has 19 heavy (non-hydrogen) atoms. The van der Waals surface area contributed by atoms with Crippen LogP contribution in [-0.4, -0.2) is 9.78 Å². The first-order valence-electron chi connectivity index (χ1n) is 5.68. The van der Waals surface area contributed by atoms with Crippen molar-refractivity contribution in [1.29, 1.82) is 0 Å². The third kappa shape index (κ3) is 3.15. The molecule has 0 fully saturated rings. The summed E-state index contributed by atoms with van der Waals surface area (Å²) in [5, 5.41) is 5.70. The molecule has 0 amide bonds. The van der Waals surface area contributed by atoms with Crippen LogP contribution >= 0.6 is 43.5 Å². The first-order valence-corrected chi connectivity index (χ1v) is 7.98. The number of alkyl halides is 1. The van der Waals surface area contributed by atoms with Crippen molar-refractivity contribution < 1.29 is 4.74 Å². The summed E-state index contributed by atoms with van der Waals surface area (Å²) >= 11 is 13.1. The van der Waals surface area contributed by atoms with Crippen molar-refractivity contribution in [3.05, 3.63) is 44.6 Å². The van der Waals surface area contributed by atoms with Crippen molar-refractivity contribution in [2.24, 2.45) is 7.05 Å². The van der Waals surface area contributed by atoms with Gasteiger partial charge in [-0.3, -0.25) is 4.68 Å². The van der Waals surface area contributed by atoms with E-state index in [2.05, 4.69) is 37.0 Å². The normalized spacial score (nSPS) is 10.8. The lowest BCUT2D eigenvalue weighted by atomic mass is 10.2. The minimum Gasteiger partial charge on any atom is -0.487 e. The molecule has 0 aliphatic carbocycles. The predicted octanol–water partition coefficient (Wildman–Crippen LogP) is 4.62. The number of hydrogen-bond acceptors (Lipinski definition) is 2. The number of aromatic nitrogens is 2. The Morgan fingerprint density at radius 2 is 2.16 bits per heavy atom. The lowest BCUT2D eigenvalue weighted by Crippen LogP contribution is -2.04. The Balaban J connectivity index is 2.21. The molecule has 0 saturated carbocycles. The molecule has 102 valence electrons. The van der Waals surface area contributed by atoms with Gasteiger partial charge >= 0.3 is 0 Å². The van der Waals surface area contributed by atoms with Crippen LogP contribution in [0.3, 0.4) is 0 Å². The van der Waals surface area contributed by atoms with Gasteiger partial charge in [-0.05, 0) is 35.0 Å². The highest BCUT2D eigenvalue weighted by molar-refractivity contribution is 9.10. The standard InChI is InChI=1S/C13H13Br2ClN2O/c1-8-13(15)11(18(2)17-8)7-19-12-5-3-4-10(16)9(12)6-14/h3-5H,6-7H2,1-2H3. The average molecular weight is 409 g/mol. The van der Waals surface area contributed by atoms with Gasteiger partial charge in [0.2, 0.25) is 0 Å². The van der Waals surface area contributed by atoms with Crippen LogP contribution in [0, 0.1) is 6.92 Å². The number of rotatable bonds is 4. The number of hydrogen-bond donors (Lipinski definition) is 0. The third-order valence-corrected chi connectivity index (χ3v) is 4.78. The van der Waals surface area contributed by atoms with E-state index in [-0.39, 0.29) is 0 Å².